The lowest BCUT2D eigenvalue weighted by Gasteiger charge is -2.41. The number of rotatable bonds is 28. The molecule has 0 saturated carbocycles. The summed E-state index contributed by atoms with van der Waals surface area (Å²) in [7, 11) is -5.04. The van der Waals surface area contributed by atoms with Gasteiger partial charge in [0.1, 0.15) is 30.5 Å². The zero-order valence-electron chi connectivity index (χ0n) is 27.9. The van der Waals surface area contributed by atoms with Gasteiger partial charge >= 0.3 is 16.4 Å². The second kappa shape index (κ2) is 26.5. The van der Waals surface area contributed by atoms with Crippen molar-refractivity contribution in [1.29, 1.82) is 0 Å². The van der Waals surface area contributed by atoms with Crippen molar-refractivity contribution in [3.8, 4) is 0 Å². The first kappa shape index (κ1) is 42.6. The molecule has 0 radical (unpaired) electrons. The van der Waals surface area contributed by atoms with Crippen LogP contribution in [0.15, 0.2) is 24.3 Å². The smallest absolute Gasteiger partial charge is 0.397 e. The van der Waals surface area contributed by atoms with Crippen LogP contribution < -0.4 is 0 Å². The largest absolute Gasteiger partial charge is 0.457 e. The molecule has 0 bridgehead atoms. The van der Waals surface area contributed by atoms with Crippen LogP contribution >= 0.6 is 0 Å². The van der Waals surface area contributed by atoms with Gasteiger partial charge in [-0.1, -0.05) is 89.5 Å². The number of aliphatic hydroxyl groups excluding tert-OH is 3. The zero-order chi connectivity index (χ0) is 34.0. The Labute approximate surface area is 276 Å². The molecule has 4 N–H and O–H groups in total. The van der Waals surface area contributed by atoms with Crippen LogP contribution in [0.1, 0.15) is 117 Å². The van der Waals surface area contributed by atoms with Gasteiger partial charge in [0.05, 0.1) is 19.8 Å². The zero-order valence-corrected chi connectivity index (χ0v) is 28.7. The molecule has 46 heavy (non-hydrogen) atoms. The number of aliphatic hydroxyl groups is 3. The summed E-state index contributed by atoms with van der Waals surface area (Å²) in [6, 6.07) is 0. The molecule has 0 aromatic heterocycles. The highest BCUT2D eigenvalue weighted by Gasteiger charge is 2.48. The van der Waals surface area contributed by atoms with Crippen LogP contribution in [0, 0.1) is 0 Å². The first-order chi connectivity index (χ1) is 22.1. The summed E-state index contributed by atoms with van der Waals surface area (Å²) in [5, 5.41) is 30.2. The Kier molecular flexibility index (Phi) is 24.6. The molecule has 6 unspecified atom stereocenters. The molecule has 1 rings (SSSR count). The Balaban J connectivity index is 2.35. The van der Waals surface area contributed by atoms with E-state index >= 15 is 0 Å². The monoisotopic (exact) mass is 680 g/mol. The Hall–Kier alpha value is -1.42. The summed E-state index contributed by atoms with van der Waals surface area (Å²) in [5.74, 6) is -0.440. The minimum atomic E-state index is -5.04. The number of carbonyl (C=O) groups is 1. The van der Waals surface area contributed by atoms with E-state index in [1.54, 1.807) is 0 Å². The van der Waals surface area contributed by atoms with Crippen LogP contribution in [0.25, 0.3) is 0 Å². The molecular weight excluding hydrogens is 620 g/mol. The van der Waals surface area contributed by atoms with Crippen LogP contribution in [-0.4, -0.2) is 97.5 Å². The van der Waals surface area contributed by atoms with E-state index in [0.717, 1.165) is 44.9 Å². The fourth-order valence-electron chi connectivity index (χ4n) is 4.91. The summed E-state index contributed by atoms with van der Waals surface area (Å²) in [5.41, 5.74) is 0. The average molecular weight is 681 g/mol. The van der Waals surface area contributed by atoms with Crippen molar-refractivity contribution in [2.45, 2.75) is 153 Å². The quantitative estimate of drug-likeness (QED) is 0.0379. The molecule has 1 saturated heterocycles. The third kappa shape index (κ3) is 20.7. The van der Waals surface area contributed by atoms with Gasteiger partial charge in [0.2, 0.25) is 0 Å². The molecule has 0 aliphatic carbocycles. The van der Waals surface area contributed by atoms with E-state index < -0.39 is 59.8 Å². The van der Waals surface area contributed by atoms with Gasteiger partial charge in [0, 0.05) is 13.0 Å². The Morgan fingerprint density at radius 3 is 2.04 bits per heavy atom. The SMILES string of the molecule is CCCCCC/C=C\C/C=C\CCCCCCCCOCC(COC1OC(CO)C(O)C(OS(=O)(=O)O)C1O)OC(=O)CCCC. The predicted octanol–water partition coefficient (Wildman–Crippen LogP) is 4.95. The fraction of sp³-hybridized carbons (Fsp3) is 0.848. The number of ether oxygens (including phenoxy) is 4. The number of esters is 1. The van der Waals surface area contributed by atoms with E-state index in [9.17, 15) is 28.5 Å². The maximum absolute atomic E-state index is 12.3. The lowest BCUT2D eigenvalue weighted by molar-refractivity contribution is -0.301. The maximum atomic E-state index is 12.3. The van der Waals surface area contributed by atoms with E-state index in [4.69, 9.17) is 23.5 Å². The number of hydrogen-bond acceptors (Lipinski definition) is 11. The summed E-state index contributed by atoms with van der Waals surface area (Å²) in [6.07, 6.45) is 16.5. The first-order valence-electron chi connectivity index (χ1n) is 17.1. The van der Waals surface area contributed by atoms with E-state index in [2.05, 4.69) is 35.4 Å². The molecule has 270 valence electrons. The van der Waals surface area contributed by atoms with Crippen molar-refractivity contribution in [3.63, 3.8) is 0 Å². The van der Waals surface area contributed by atoms with Crippen LogP contribution in [0.2, 0.25) is 0 Å². The van der Waals surface area contributed by atoms with Crippen LogP contribution in [0.4, 0.5) is 0 Å². The van der Waals surface area contributed by atoms with Crippen LogP contribution in [-0.2, 0) is 38.3 Å². The van der Waals surface area contributed by atoms with Crippen LogP contribution in [0.5, 0.6) is 0 Å². The van der Waals surface area contributed by atoms with E-state index in [1.807, 2.05) is 6.92 Å². The first-order valence-corrected chi connectivity index (χ1v) is 18.5. The second-order valence-electron chi connectivity index (χ2n) is 11.8. The van der Waals surface area contributed by atoms with Gasteiger partial charge < -0.3 is 34.3 Å². The number of hydrogen-bond donors (Lipinski definition) is 4. The molecule has 0 aromatic carbocycles. The fourth-order valence-corrected chi connectivity index (χ4v) is 5.42. The predicted molar refractivity (Wildman–Crippen MR) is 174 cm³/mol. The van der Waals surface area contributed by atoms with Crippen molar-refractivity contribution < 1.29 is 56.2 Å². The molecule has 6 atom stereocenters. The molecule has 12 nitrogen and oxygen atoms in total. The minimum Gasteiger partial charge on any atom is -0.457 e. The average Bonchev–Trinajstić information content (AvgIpc) is 3.02. The number of allylic oxidation sites excluding steroid dienone is 4. The van der Waals surface area contributed by atoms with Crippen LogP contribution in [0.3, 0.4) is 0 Å². The molecule has 1 aliphatic heterocycles. The summed E-state index contributed by atoms with van der Waals surface area (Å²) in [4.78, 5) is 12.3. The standard InChI is InChI=1S/C33H60O12S/c1-3-5-7-8-9-10-11-12-13-14-15-16-17-18-19-20-21-23-41-25-27(43-29(35)22-6-4-2)26-42-33-31(37)32(45-46(38,39)40)30(36)28(24-34)44-33/h10-11,13-14,27-28,30-34,36-37H,3-9,12,15-26H2,1-2H3,(H,38,39,40)/b11-10-,14-13-. The van der Waals surface area contributed by atoms with Gasteiger partial charge in [0.25, 0.3) is 0 Å². The Morgan fingerprint density at radius 1 is 0.826 bits per heavy atom. The van der Waals surface area contributed by atoms with Gasteiger partial charge in [-0.05, 0) is 44.9 Å². The molecule has 1 heterocycles. The highest BCUT2D eigenvalue weighted by Crippen LogP contribution is 2.26. The van der Waals surface area contributed by atoms with Crippen molar-refractivity contribution in [1.82, 2.24) is 0 Å². The number of carbonyl (C=O) groups excluding carboxylic acids is 1. The molecular formula is C33H60O12S. The lowest BCUT2D eigenvalue weighted by atomic mass is 9.99. The highest BCUT2D eigenvalue weighted by atomic mass is 32.3. The van der Waals surface area contributed by atoms with Crippen molar-refractivity contribution in [2.24, 2.45) is 0 Å². The highest BCUT2D eigenvalue weighted by molar-refractivity contribution is 7.80. The lowest BCUT2D eigenvalue weighted by Crippen LogP contribution is -2.60. The van der Waals surface area contributed by atoms with Gasteiger partial charge in [-0.2, -0.15) is 8.42 Å². The maximum Gasteiger partial charge on any atom is 0.397 e. The minimum absolute atomic E-state index is 0.0259. The molecule has 1 aliphatic rings. The molecule has 1 fully saturated rings. The Morgan fingerprint density at radius 2 is 1.43 bits per heavy atom. The molecule has 0 amide bonds. The van der Waals surface area contributed by atoms with Crippen molar-refractivity contribution in [3.05, 3.63) is 24.3 Å². The normalized spacial score (nSPS) is 23.0. The molecule has 13 heteroatoms. The third-order valence-corrected chi connectivity index (χ3v) is 8.04. The van der Waals surface area contributed by atoms with E-state index in [-0.39, 0.29) is 19.6 Å². The topological polar surface area (TPSA) is 178 Å². The third-order valence-electron chi connectivity index (χ3n) is 7.58. The van der Waals surface area contributed by atoms with E-state index in [1.165, 1.54) is 44.9 Å². The number of unbranched alkanes of at least 4 members (excludes halogenated alkanes) is 11. The van der Waals surface area contributed by atoms with Gasteiger partial charge in [0.15, 0.2) is 6.29 Å². The van der Waals surface area contributed by atoms with E-state index in [0.29, 0.717) is 13.0 Å². The Bertz CT molecular complexity index is 926. The van der Waals surface area contributed by atoms with Crippen molar-refractivity contribution in [2.75, 3.05) is 26.4 Å². The summed E-state index contributed by atoms with van der Waals surface area (Å²) >= 11 is 0. The van der Waals surface area contributed by atoms with Gasteiger partial charge in [-0.3, -0.25) is 9.35 Å². The molecule has 0 aromatic rings. The van der Waals surface area contributed by atoms with Gasteiger partial charge in [-0.15, -0.1) is 0 Å². The summed E-state index contributed by atoms with van der Waals surface area (Å²) in [6.45, 7) is 3.64. The summed E-state index contributed by atoms with van der Waals surface area (Å²) < 4.78 is 58.0. The van der Waals surface area contributed by atoms with Crippen molar-refractivity contribution >= 4 is 16.4 Å². The molecule has 0 spiro atoms. The van der Waals surface area contributed by atoms with Gasteiger partial charge in [-0.25, -0.2) is 4.18 Å². The second-order valence-corrected chi connectivity index (χ2v) is 12.8.